The zero-order valence-corrected chi connectivity index (χ0v) is 31.7. The third-order valence-electron chi connectivity index (χ3n) is 9.03. The molecule has 0 aromatic heterocycles. The highest BCUT2D eigenvalue weighted by atomic mass is 16.6. The average molecular weight is 715 g/mol. The molecule has 1 heterocycles. The van der Waals surface area contributed by atoms with Crippen LogP contribution in [-0.2, 0) is 33.3 Å². The van der Waals surface area contributed by atoms with Crippen molar-refractivity contribution in [2.45, 2.75) is 104 Å². The number of methoxy groups -OCH3 is 3. The maximum absolute atomic E-state index is 14.3. The fourth-order valence-corrected chi connectivity index (χ4v) is 6.04. The number of aliphatic hydroxyl groups excluding tert-OH is 1. The minimum atomic E-state index is -1.01. The minimum Gasteiger partial charge on any atom is -0.492 e. The second kappa shape index (κ2) is 21.3. The number of carbonyl (C=O) groups is 4. The summed E-state index contributed by atoms with van der Waals surface area (Å²) in [5.74, 6) is -2.61. The smallest absolute Gasteiger partial charge is 0.405 e. The largest absolute Gasteiger partial charge is 0.492 e. The SMILES string of the molecule is CCCCN(CCCC)/N=C/C1=C2NC(=O)/C(C)=C\C=C/C(OC)C(OC(N)=O)/C(C)=C/C(C)C(O)C(OC)CC(C)CC(=C(OC)C1=O)C2=O. The van der Waals surface area contributed by atoms with E-state index in [0.29, 0.717) is 25.1 Å². The number of allylic oxidation sites excluding steroid dienone is 4. The lowest BCUT2D eigenvalue weighted by molar-refractivity contribution is -0.121. The van der Waals surface area contributed by atoms with E-state index in [1.165, 1.54) is 33.6 Å². The lowest BCUT2D eigenvalue weighted by atomic mass is 9.84. The average Bonchev–Trinajstić information content (AvgIpc) is 3.09. The quantitative estimate of drug-likeness (QED) is 0.111. The first-order valence-electron chi connectivity index (χ1n) is 17.7. The molecule has 2 aliphatic rings. The number of hydrogen-bond donors (Lipinski definition) is 3. The van der Waals surface area contributed by atoms with E-state index in [-0.39, 0.29) is 40.5 Å². The molecule has 0 fully saturated rings. The number of rotatable bonds is 12. The van der Waals surface area contributed by atoms with Gasteiger partial charge in [-0.05, 0) is 51.0 Å². The normalized spacial score (nSPS) is 28.5. The molecule has 0 saturated carbocycles. The third kappa shape index (κ3) is 12.3. The fraction of sp³-hybridized carbons (Fsp3) is 0.605. The summed E-state index contributed by atoms with van der Waals surface area (Å²) in [7, 11) is 4.26. The highest BCUT2D eigenvalue weighted by molar-refractivity contribution is 6.32. The molecular weight excluding hydrogens is 656 g/mol. The van der Waals surface area contributed by atoms with Gasteiger partial charge in [-0.2, -0.15) is 5.10 Å². The Kier molecular flexibility index (Phi) is 18.0. The van der Waals surface area contributed by atoms with Crippen LogP contribution in [0.15, 0.2) is 63.2 Å². The van der Waals surface area contributed by atoms with Crippen molar-refractivity contribution >= 4 is 29.8 Å². The van der Waals surface area contributed by atoms with E-state index in [1.807, 2.05) is 11.9 Å². The molecule has 0 aromatic carbocycles. The zero-order chi connectivity index (χ0) is 38.2. The Morgan fingerprint density at radius 2 is 1.71 bits per heavy atom. The summed E-state index contributed by atoms with van der Waals surface area (Å²) >= 11 is 0. The van der Waals surface area contributed by atoms with Crippen molar-refractivity contribution in [3.8, 4) is 0 Å². The van der Waals surface area contributed by atoms with Gasteiger partial charge in [-0.25, -0.2) is 4.79 Å². The number of ketones is 2. The lowest BCUT2D eigenvalue weighted by Crippen LogP contribution is -2.38. The van der Waals surface area contributed by atoms with Gasteiger partial charge in [0.25, 0.3) is 5.91 Å². The Hall–Kier alpha value is -4.07. The molecule has 51 heavy (non-hydrogen) atoms. The fourth-order valence-electron chi connectivity index (χ4n) is 6.04. The van der Waals surface area contributed by atoms with Gasteiger partial charge in [-0.15, -0.1) is 0 Å². The number of nitrogens with one attached hydrogen (secondary N) is 1. The van der Waals surface area contributed by atoms with Crippen LogP contribution >= 0.6 is 0 Å². The van der Waals surface area contributed by atoms with Gasteiger partial charge in [0.05, 0.1) is 31.1 Å². The van der Waals surface area contributed by atoms with Crippen LogP contribution in [-0.4, -0.2) is 98.7 Å². The molecule has 0 spiro atoms. The second-order valence-electron chi connectivity index (χ2n) is 13.2. The van der Waals surface area contributed by atoms with Gasteiger partial charge in [0, 0.05) is 44.4 Å². The highest BCUT2D eigenvalue weighted by Gasteiger charge is 2.38. The van der Waals surface area contributed by atoms with Crippen LogP contribution in [0.25, 0.3) is 0 Å². The minimum absolute atomic E-state index is 0.0831. The van der Waals surface area contributed by atoms with E-state index < -0.39 is 53.9 Å². The summed E-state index contributed by atoms with van der Waals surface area (Å²) in [4.78, 5) is 53.7. The number of carbonyl (C=O) groups excluding carboxylic acids is 4. The predicted molar refractivity (Wildman–Crippen MR) is 195 cm³/mol. The molecule has 284 valence electrons. The molecule has 6 atom stereocenters. The highest BCUT2D eigenvalue weighted by Crippen LogP contribution is 2.31. The van der Waals surface area contributed by atoms with Crippen LogP contribution < -0.4 is 11.1 Å². The van der Waals surface area contributed by atoms with E-state index in [1.54, 1.807) is 39.0 Å². The molecule has 2 bridgehead atoms. The number of amides is 2. The molecule has 2 amide bonds. The van der Waals surface area contributed by atoms with Crippen molar-refractivity contribution in [2.75, 3.05) is 34.4 Å². The van der Waals surface area contributed by atoms with Crippen molar-refractivity contribution in [1.82, 2.24) is 10.3 Å². The number of fused-ring (bicyclic) bond motifs is 2. The van der Waals surface area contributed by atoms with Gasteiger partial charge in [0.15, 0.2) is 11.9 Å². The molecule has 6 unspecified atom stereocenters. The molecule has 2 rings (SSSR count). The molecule has 1 aliphatic heterocycles. The number of aliphatic hydroxyl groups is 1. The summed E-state index contributed by atoms with van der Waals surface area (Å²) < 4.78 is 22.3. The van der Waals surface area contributed by atoms with E-state index in [2.05, 4.69) is 24.3 Å². The van der Waals surface area contributed by atoms with E-state index >= 15 is 0 Å². The van der Waals surface area contributed by atoms with E-state index in [4.69, 9.17) is 24.7 Å². The van der Waals surface area contributed by atoms with Crippen LogP contribution in [0.5, 0.6) is 0 Å². The number of primary amides is 1. The standard InChI is InChI=1S/C38H58N4O9/c1-10-12-17-42(18-13-11-2)40-22-28-31-33(44)27(36(50-9)34(28)45)19-23(3)20-30(49-8)32(43)25(5)21-26(6)35(51-38(39)47)29(48-7)16-14-15-24(4)37(46)41-31/h14-16,21-23,25,29-30,32,35,43H,10-13,17-20H2,1-9H3,(H2,39,47)(H,41,46)/b16-14-,24-15-,26-21+,40-22+. The maximum Gasteiger partial charge on any atom is 0.405 e. The first-order chi connectivity index (χ1) is 24.2. The molecular formula is C38H58N4O9. The molecule has 4 N–H and O–H groups in total. The number of nitrogens with two attached hydrogens (primary N) is 1. The van der Waals surface area contributed by atoms with E-state index in [0.717, 1.165) is 25.7 Å². The number of Topliss-reactive ketones (excluding diaryl/α,β-unsaturated/α-hetero) is 2. The van der Waals surface area contributed by atoms with Crippen LogP contribution in [0, 0.1) is 11.8 Å². The summed E-state index contributed by atoms with van der Waals surface area (Å²) in [6.07, 6.45) is 7.45. The van der Waals surface area contributed by atoms with Crippen LogP contribution in [0.3, 0.4) is 0 Å². The molecule has 0 saturated heterocycles. The lowest BCUT2D eigenvalue weighted by Gasteiger charge is -2.30. The Bertz CT molecular complexity index is 1420. The number of ether oxygens (including phenoxy) is 4. The van der Waals surface area contributed by atoms with Gasteiger partial charge in [-0.3, -0.25) is 19.4 Å². The van der Waals surface area contributed by atoms with Crippen molar-refractivity contribution in [3.63, 3.8) is 0 Å². The summed E-state index contributed by atoms with van der Waals surface area (Å²) in [6, 6.07) is 0. The number of nitrogens with zero attached hydrogens (tertiary/aromatic N) is 2. The van der Waals surface area contributed by atoms with Gasteiger partial charge >= 0.3 is 6.09 Å². The van der Waals surface area contributed by atoms with Gasteiger partial charge in [0.2, 0.25) is 11.6 Å². The van der Waals surface area contributed by atoms with E-state index in [9.17, 15) is 24.3 Å². The zero-order valence-electron chi connectivity index (χ0n) is 31.7. The molecule has 13 heteroatoms. The van der Waals surface area contributed by atoms with Gasteiger partial charge in [-0.1, -0.05) is 64.8 Å². The summed E-state index contributed by atoms with van der Waals surface area (Å²) in [5.41, 5.74) is 6.02. The van der Waals surface area contributed by atoms with Crippen molar-refractivity contribution in [1.29, 1.82) is 0 Å². The maximum atomic E-state index is 14.3. The third-order valence-corrected chi connectivity index (χ3v) is 9.03. The van der Waals surface area contributed by atoms with Crippen LogP contribution in [0.4, 0.5) is 4.79 Å². The molecule has 13 nitrogen and oxygen atoms in total. The summed E-state index contributed by atoms with van der Waals surface area (Å²) in [6.45, 7) is 12.5. The van der Waals surface area contributed by atoms with Crippen LogP contribution in [0.2, 0.25) is 0 Å². The first kappa shape index (κ1) is 43.1. The number of unbranched alkanes of at least 4 members (excludes halogenated alkanes) is 2. The number of hydrogen-bond acceptors (Lipinski definition) is 11. The molecule has 0 aromatic rings. The Morgan fingerprint density at radius 3 is 2.25 bits per heavy atom. The topological polar surface area (TPSA) is 179 Å². The first-order valence-corrected chi connectivity index (χ1v) is 17.7. The van der Waals surface area contributed by atoms with Gasteiger partial charge in [0.1, 0.15) is 11.8 Å². The van der Waals surface area contributed by atoms with Crippen molar-refractivity contribution in [2.24, 2.45) is 22.7 Å². The predicted octanol–water partition coefficient (Wildman–Crippen LogP) is 4.67. The van der Waals surface area contributed by atoms with Gasteiger partial charge < -0.3 is 35.1 Å². The Labute approximate surface area is 302 Å². The van der Waals surface area contributed by atoms with Crippen molar-refractivity contribution < 1.29 is 43.2 Å². The number of hydrazone groups is 1. The van der Waals surface area contributed by atoms with Crippen LogP contribution in [0.1, 0.15) is 80.1 Å². The summed E-state index contributed by atoms with van der Waals surface area (Å²) in [5, 5.41) is 20.5. The Morgan fingerprint density at radius 1 is 1.06 bits per heavy atom. The second-order valence-corrected chi connectivity index (χ2v) is 13.2. The molecule has 0 radical (unpaired) electrons. The molecule has 1 aliphatic carbocycles. The van der Waals surface area contributed by atoms with Crippen molar-refractivity contribution in [3.05, 3.63) is 58.1 Å². The monoisotopic (exact) mass is 714 g/mol. The Balaban J connectivity index is 2.77.